The van der Waals surface area contributed by atoms with E-state index in [0.717, 1.165) is 0 Å². The van der Waals surface area contributed by atoms with Crippen molar-refractivity contribution in [2.75, 3.05) is 18.5 Å². The molecular weight excluding hydrogens is 505 g/mol. The van der Waals surface area contributed by atoms with E-state index in [-0.39, 0.29) is 27.9 Å². The number of anilines is 1. The van der Waals surface area contributed by atoms with Gasteiger partial charge in [-0.3, -0.25) is 25.0 Å². The maximum Gasteiger partial charge on any atom is 0.263 e. The number of halogens is 2. The van der Waals surface area contributed by atoms with Gasteiger partial charge < -0.3 is 14.8 Å². The van der Waals surface area contributed by atoms with Gasteiger partial charge in [-0.2, -0.15) is 0 Å². The minimum absolute atomic E-state index is 0.0377. The largest absolute Gasteiger partial charge is 0.490 e. The molecule has 8 nitrogen and oxygen atoms in total. The minimum atomic E-state index is -0.627. The predicted octanol–water partition coefficient (Wildman–Crippen LogP) is 2.92. The molecule has 0 saturated carbocycles. The molecule has 1 fully saturated rings. The van der Waals surface area contributed by atoms with Crippen molar-refractivity contribution < 1.29 is 28.2 Å². The maximum absolute atomic E-state index is 13.7. The van der Waals surface area contributed by atoms with E-state index in [9.17, 15) is 18.8 Å². The molecule has 3 N–H and O–H groups in total. The fourth-order valence-electron chi connectivity index (χ4n) is 2.73. The van der Waals surface area contributed by atoms with Gasteiger partial charge in [0.1, 0.15) is 11.4 Å². The van der Waals surface area contributed by atoms with E-state index in [1.165, 1.54) is 24.3 Å². The normalized spacial score (nSPS) is 13.2. The van der Waals surface area contributed by atoms with Crippen molar-refractivity contribution in [2.24, 2.45) is 0 Å². The zero-order chi connectivity index (χ0) is 23.3. The lowest BCUT2D eigenvalue weighted by molar-refractivity contribution is -0.123. The van der Waals surface area contributed by atoms with Crippen molar-refractivity contribution in [3.05, 3.63) is 57.8 Å². The van der Waals surface area contributed by atoms with Crippen molar-refractivity contribution >= 4 is 62.7 Å². The summed E-state index contributed by atoms with van der Waals surface area (Å²) in [6, 6.07) is 8.91. The van der Waals surface area contributed by atoms with Crippen LogP contribution >= 0.6 is 28.1 Å². The van der Waals surface area contributed by atoms with Crippen molar-refractivity contribution in [1.29, 1.82) is 0 Å². The summed E-state index contributed by atoms with van der Waals surface area (Å²) in [6.45, 7) is 1.64. The third-order valence-electron chi connectivity index (χ3n) is 4.08. The highest BCUT2D eigenvalue weighted by atomic mass is 79.9. The van der Waals surface area contributed by atoms with Crippen LogP contribution in [0.2, 0.25) is 0 Å². The van der Waals surface area contributed by atoms with Gasteiger partial charge in [-0.05, 0) is 71.0 Å². The second-order valence-corrected chi connectivity index (χ2v) is 7.64. The number of carbonyl (C=O) groups excluding carboxylic acids is 3. The van der Waals surface area contributed by atoms with Crippen LogP contribution < -0.4 is 25.4 Å². The molecule has 32 heavy (non-hydrogen) atoms. The predicted molar refractivity (Wildman–Crippen MR) is 123 cm³/mol. The number of hydrogen-bond acceptors (Lipinski definition) is 6. The number of nitrogens with one attached hydrogen (secondary N) is 3. The molecule has 166 valence electrons. The summed E-state index contributed by atoms with van der Waals surface area (Å²) in [5.74, 6) is -1.87. The van der Waals surface area contributed by atoms with Crippen LogP contribution in [0.3, 0.4) is 0 Å². The van der Waals surface area contributed by atoms with Gasteiger partial charge in [0.2, 0.25) is 0 Å². The Hall–Kier alpha value is -3.31. The standard InChI is InChI=1S/C21H17BrFN3O5S/c1-2-30-16-9-11(7-12-19(28)25-21(32)26-20(12)29)8-13(22)18(16)31-10-17(27)24-15-6-4-3-5-14(15)23/h3-9H,2,10H2,1H3,(H,24,27)(H2,25,26,28,29,32). The summed E-state index contributed by atoms with van der Waals surface area (Å²) in [7, 11) is 0. The van der Waals surface area contributed by atoms with Gasteiger partial charge in [-0.25, -0.2) is 4.39 Å². The van der Waals surface area contributed by atoms with Crippen molar-refractivity contribution in [2.45, 2.75) is 6.92 Å². The van der Waals surface area contributed by atoms with Gasteiger partial charge in [0.25, 0.3) is 17.7 Å². The number of para-hydroxylation sites is 1. The van der Waals surface area contributed by atoms with E-state index < -0.39 is 30.1 Å². The highest BCUT2D eigenvalue weighted by Crippen LogP contribution is 2.37. The summed E-state index contributed by atoms with van der Waals surface area (Å²) < 4.78 is 25.3. The van der Waals surface area contributed by atoms with Crippen LogP contribution in [0.5, 0.6) is 11.5 Å². The third kappa shape index (κ3) is 5.68. The van der Waals surface area contributed by atoms with E-state index in [2.05, 4.69) is 31.9 Å². The molecule has 2 aromatic rings. The fraction of sp³-hybridized carbons (Fsp3) is 0.143. The molecule has 1 aliphatic rings. The third-order valence-corrected chi connectivity index (χ3v) is 4.87. The molecule has 0 aromatic heterocycles. The van der Waals surface area contributed by atoms with Crippen LogP contribution in [0.25, 0.3) is 6.08 Å². The number of benzene rings is 2. The lowest BCUT2D eigenvalue weighted by Gasteiger charge is -2.17. The SMILES string of the molecule is CCOc1cc(C=C2C(=O)NC(=S)NC2=O)cc(Br)c1OCC(=O)Nc1ccccc1F. The molecule has 3 rings (SSSR count). The molecule has 0 spiro atoms. The summed E-state index contributed by atoms with van der Waals surface area (Å²) in [6.07, 6.45) is 1.37. The van der Waals surface area contributed by atoms with Crippen LogP contribution in [0.15, 0.2) is 46.4 Å². The average Bonchev–Trinajstić information content (AvgIpc) is 2.72. The minimum Gasteiger partial charge on any atom is -0.490 e. The van der Waals surface area contributed by atoms with Gasteiger partial charge >= 0.3 is 0 Å². The van der Waals surface area contributed by atoms with Gasteiger partial charge in [-0.1, -0.05) is 12.1 Å². The zero-order valence-electron chi connectivity index (χ0n) is 16.7. The molecule has 1 heterocycles. The lowest BCUT2D eigenvalue weighted by atomic mass is 10.1. The number of hydrogen-bond donors (Lipinski definition) is 3. The Morgan fingerprint density at radius 1 is 1.19 bits per heavy atom. The van der Waals surface area contributed by atoms with E-state index in [1.807, 2.05) is 0 Å². The smallest absolute Gasteiger partial charge is 0.263 e. The molecule has 0 radical (unpaired) electrons. The molecule has 0 atom stereocenters. The van der Waals surface area contributed by atoms with Gasteiger partial charge in [0.15, 0.2) is 23.2 Å². The molecular formula is C21H17BrFN3O5S. The first-order valence-electron chi connectivity index (χ1n) is 9.30. The van der Waals surface area contributed by atoms with Crippen LogP contribution in [0.4, 0.5) is 10.1 Å². The molecule has 1 saturated heterocycles. The molecule has 0 bridgehead atoms. The molecule has 11 heteroatoms. The first-order chi connectivity index (χ1) is 15.3. The monoisotopic (exact) mass is 521 g/mol. The topological polar surface area (TPSA) is 106 Å². The fourth-order valence-corrected chi connectivity index (χ4v) is 3.49. The van der Waals surface area contributed by atoms with E-state index >= 15 is 0 Å². The molecule has 1 aliphatic heterocycles. The Morgan fingerprint density at radius 3 is 2.53 bits per heavy atom. The van der Waals surface area contributed by atoms with Gasteiger partial charge in [-0.15, -0.1) is 0 Å². The van der Waals surface area contributed by atoms with Crippen molar-refractivity contribution in [3.8, 4) is 11.5 Å². The first-order valence-corrected chi connectivity index (χ1v) is 10.5. The number of ether oxygens (including phenoxy) is 2. The lowest BCUT2D eigenvalue weighted by Crippen LogP contribution is -2.51. The number of rotatable bonds is 7. The highest BCUT2D eigenvalue weighted by Gasteiger charge is 2.26. The summed E-state index contributed by atoms with van der Waals surface area (Å²) in [4.78, 5) is 36.3. The average molecular weight is 522 g/mol. The maximum atomic E-state index is 13.7. The van der Waals surface area contributed by atoms with Crippen LogP contribution in [0.1, 0.15) is 12.5 Å². The molecule has 0 aliphatic carbocycles. The Balaban J connectivity index is 1.80. The van der Waals surface area contributed by atoms with Crippen LogP contribution in [-0.2, 0) is 14.4 Å². The Labute approximate surface area is 196 Å². The van der Waals surface area contributed by atoms with E-state index in [4.69, 9.17) is 21.7 Å². The zero-order valence-corrected chi connectivity index (χ0v) is 19.1. The highest BCUT2D eigenvalue weighted by molar-refractivity contribution is 9.10. The second kappa shape index (κ2) is 10.3. The Kier molecular flexibility index (Phi) is 7.54. The van der Waals surface area contributed by atoms with Crippen LogP contribution in [0, 0.1) is 5.82 Å². The summed E-state index contributed by atoms with van der Waals surface area (Å²) >= 11 is 8.13. The van der Waals surface area contributed by atoms with E-state index in [0.29, 0.717) is 16.6 Å². The second-order valence-electron chi connectivity index (χ2n) is 6.38. The quantitative estimate of drug-likeness (QED) is 0.294. The number of amides is 3. The molecule has 3 amide bonds. The van der Waals surface area contributed by atoms with Crippen LogP contribution in [-0.4, -0.2) is 36.0 Å². The van der Waals surface area contributed by atoms with Gasteiger partial charge in [0.05, 0.1) is 16.8 Å². The van der Waals surface area contributed by atoms with Gasteiger partial charge in [0, 0.05) is 0 Å². The molecule has 0 unspecified atom stereocenters. The van der Waals surface area contributed by atoms with E-state index in [1.54, 1.807) is 25.1 Å². The summed E-state index contributed by atoms with van der Waals surface area (Å²) in [5, 5.41) is 7.07. The first kappa shape index (κ1) is 23.4. The Morgan fingerprint density at radius 2 is 1.88 bits per heavy atom. The van der Waals surface area contributed by atoms with Crippen molar-refractivity contribution in [3.63, 3.8) is 0 Å². The summed E-state index contributed by atoms with van der Waals surface area (Å²) in [5.41, 5.74) is 0.373. The molecule has 2 aromatic carbocycles. The number of carbonyl (C=O) groups is 3. The Bertz CT molecular complexity index is 1120. The number of thiocarbonyl (C=S) groups is 1. The van der Waals surface area contributed by atoms with Crippen molar-refractivity contribution in [1.82, 2.24) is 10.6 Å².